The Kier molecular flexibility index (Phi) is 23.0. The van der Waals surface area contributed by atoms with Crippen molar-refractivity contribution in [2.24, 2.45) is 5.73 Å². The van der Waals surface area contributed by atoms with E-state index in [1.165, 1.54) is 7.11 Å². The highest BCUT2D eigenvalue weighted by atomic mass is 19.4. The molecular weight excluding hydrogens is 458 g/mol. The smallest absolute Gasteiger partial charge is 0.416 e. The lowest BCUT2D eigenvalue weighted by Gasteiger charge is -2.18. The average Bonchev–Trinajstić information content (AvgIpc) is 2.84. The van der Waals surface area contributed by atoms with E-state index in [9.17, 15) is 22.4 Å². The van der Waals surface area contributed by atoms with Gasteiger partial charge in [0.1, 0.15) is 5.83 Å². The van der Waals surface area contributed by atoms with Gasteiger partial charge in [0, 0.05) is 0 Å². The molecule has 2 N–H and O–H groups in total. The Balaban J connectivity index is -0.000000854. The minimum atomic E-state index is -4.65. The summed E-state index contributed by atoms with van der Waals surface area (Å²) in [4.78, 5) is 9.83. The van der Waals surface area contributed by atoms with Gasteiger partial charge in [-0.2, -0.15) is 13.2 Å². The van der Waals surface area contributed by atoms with Crippen molar-refractivity contribution >= 4 is 5.97 Å². The molecule has 0 aliphatic heterocycles. The maximum atomic E-state index is 13.6. The second kappa shape index (κ2) is 21.8. The molecule has 0 radical (unpaired) electrons. The third kappa shape index (κ3) is 18.3. The molecule has 0 atom stereocenters. The van der Waals surface area contributed by atoms with Crippen molar-refractivity contribution in [3.63, 3.8) is 0 Å². The molecule has 0 bridgehead atoms. The number of esters is 1. The molecule has 35 heavy (non-hydrogen) atoms. The topological polar surface area (TPSA) is 52.3 Å². The number of carbonyl (C=O) groups excluding carboxylic acids is 1. The highest BCUT2D eigenvalue weighted by Crippen LogP contribution is 2.36. The molecule has 7 heteroatoms. The number of alkyl halides is 3. The SMILES string of the molecule is C/C=C\C.C=C\C(F)=C/C(=C(CC)/C(=C/C=C(/C)CC)C(/C)=C\CC)C(F)(F)F.COC(=O)CN. The fraction of sp³-hybridized carbons (Fsp3) is 0.464. The summed E-state index contributed by atoms with van der Waals surface area (Å²) in [5, 5.41) is 0. The first-order chi connectivity index (χ1) is 16.3. The van der Waals surface area contributed by atoms with Crippen molar-refractivity contribution < 1.29 is 27.1 Å². The third-order valence-electron chi connectivity index (χ3n) is 4.54. The maximum Gasteiger partial charge on any atom is 0.416 e. The molecule has 0 rings (SSSR count). The van der Waals surface area contributed by atoms with Crippen LogP contribution in [0.5, 0.6) is 0 Å². The van der Waals surface area contributed by atoms with Gasteiger partial charge in [-0.1, -0.05) is 63.3 Å². The van der Waals surface area contributed by atoms with Crippen LogP contribution in [-0.4, -0.2) is 25.8 Å². The number of allylic oxidation sites excluding steroid dienone is 13. The zero-order chi connectivity index (χ0) is 28.0. The Morgan fingerprint density at radius 3 is 1.86 bits per heavy atom. The summed E-state index contributed by atoms with van der Waals surface area (Å²) in [5.41, 5.74) is 6.20. The summed E-state index contributed by atoms with van der Waals surface area (Å²) in [6.45, 7) is 16.4. The number of hydrogen-bond donors (Lipinski definition) is 1. The third-order valence-corrected chi connectivity index (χ3v) is 4.54. The minimum Gasteiger partial charge on any atom is -0.468 e. The van der Waals surface area contributed by atoms with Crippen LogP contribution < -0.4 is 5.73 Å². The van der Waals surface area contributed by atoms with Gasteiger partial charge in [0.25, 0.3) is 0 Å². The van der Waals surface area contributed by atoms with E-state index >= 15 is 0 Å². The highest BCUT2D eigenvalue weighted by molar-refractivity contribution is 5.71. The molecule has 0 spiro atoms. The van der Waals surface area contributed by atoms with Crippen molar-refractivity contribution in [2.75, 3.05) is 13.7 Å². The molecule has 0 unspecified atom stereocenters. The van der Waals surface area contributed by atoms with Crippen LogP contribution in [0.4, 0.5) is 17.6 Å². The van der Waals surface area contributed by atoms with Crippen molar-refractivity contribution in [2.45, 2.75) is 73.9 Å². The summed E-state index contributed by atoms with van der Waals surface area (Å²) in [7, 11) is 1.30. The first-order valence-corrected chi connectivity index (χ1v) is 11.5. The summed E-state index contributed by atoms with van der Waals surface area (Å²) in [6.07, 6.45) is 7.68. The van der Waals surface area contributed by atoms with E-state index in [0.717, 1.165) is 23.6 Å². The number of halogens is 4. The molecule has 0 aromatic heterocycles. The molecule has 0 saturated carbocycles. The molecule has 0 aliphatic carbocycles. The van der Waals surface area contributed by atoms with Crippen molar-refractivity contribution in [3.05, 3.63) is 82.8 Å². The predicted molar refractivity (Wildman–Crippen MR) is 140 cm³/mol. The zero-order valence-corrected chi connectivity index (χ0v) is 22.5. The maximum absolute atomic E-state index is 13.6. The van der Waals surface area contributed by atoms with Crippen molar-refractivity contribution in [1.82, 2.24) is 0 Å². The number of carbonyl (C=O) groups is 1. The quantitative estimate of drug-likeness (QED) is 0.149. The predicted octanol–water partition coefficient (Wildman–Crippen LogP) is 8.63. The Bertz CT molecular complexity index is 801. The number of methoxy groups -OCH3 is 1. The summed E-state index contributed by atoms with van der Waals surface area (Å²) >= 11 is 0. The van der Waals surface area contributed by atoms with Crippen LogP contribution in [-0.2, 0) is 9.53 Å². The van der Waals surface area contributed by atoms with Crippen LogP contribution in [0.2, 0.25) is 0 Å². The van der Waals surface area contributed by atoms with Gasteiger partial charge in [-0.25, -0.2) is 4.39 Å². The molecule has 0 amide bonds. The summed E-state index contributed by atoms with van der Waals surface area (Å²) in [5.74, 6) is -1.38. The zero-order valence-electron chi connectivity index (χ0n) is 22.5. The van der Waals surface area contributed by atoms with Crippen LogP contribution >= 0.6 is 0 Å². The van der Waals surface area contributed by atoms with E-state index in [1.54, 1.807) is 19.9 Å². The normalized spacial score (nSPS) is 13.9. The molecule has 0 saturated heterocycles. The Morgan fingerprint density at radius 1 is 1.03 bits per heavy atom. The van der Waals surface area contributed by atoms with Gasteiger partial charge in [0.15, 0.2) is 0 Å². The molecule has 3 nitrogen and oxygen atoms in total. The van der Waals surface area contributed by atoms with Gasteiger partial charge in [0.05, 0.1) is 19.2 Å². The number of ether oxygens (including phenoxy) is 1. The van der Waals surface area contributed by atoms with E-state index in [0.29, 0.717) is 18.1 Å². The van der Waals surface area contributed by atoms with Gasteiger partial charge in [-0.05, 0) is 75.8 Å². The van der Waals surface area contributed by atoms with E-state index in [4.69, 9.17) is 5.73 Å². The Hall–Kier alpha value is -2.67. The standard InChI is InChI=1S/C21H28F4.C4H8.C3H7NO2/c1-7-11-16(6)19(13-12-15(5)8-2)18(10-4)20(21(23,24)25)14-17(22)9-3;1-3-4-2;1-6-3(5)2-4/h9,11-14H,3,7-8,10H2,1-2,4-6H3;3-4H,1-2H3;2,4H2,1H3/b15-12-,16-11-,17-14+,19-13+,20-18-;4-3-;. The lowest BCUT2D eigenvalue weighted by molar-refractivity contribution is -0.138. The summed E-state index contributed by atoms with van der Waals surface area (Å²) in [6, 6.07) is 0. The Morgan fingerprint density at radius 2 is 1.57 bits per heavy atom. The van der Waals surface area contributed by atoms with E-state index in [1.807, 2.05) is 58.9 Å². The molecule has 0 aromatic carbocycles. The van der Waals surface area contributed by atoms with E-state index in [-0.39, 0.29) is 24.5 Å². The largest absolute Gasteiger partial charge is 0.468 e. The van der Waals surface area contributed by atoms with Crippen LogP contribution in [0.3, 0.4) is 0 Å². The van der Waals surface area contributed by atoms with Crippen LogP contribution in [0, 0.1) is 0 Å². The number of nitrogens with two attached hydrogens (primary N) is 1. The first-order valence-electron chi connectivity index (χ1n) is 11.5. The minimum absolute atomic E-state index is 0.0312. The van der Waals surface area contributed by atoms with E-state index < -0.39 is 17.6 Å². The monoisotopic (exact) mass is 501 g/mol. The van der Waals surface area contributed by atoms with Crippen LogP contribution in [0.15, 0.2) is 82.8 Å². The number of rotatable bonds is 9. The van der Waals surface area contributed by atoms with Crippen LogP contribution in [0.1, 0.15) is 67.7 Å². The lowest BCUT2D eigenvalue weighted by atomic mass is 9.90. The van der Waals surface area contributed by atoms with Gasteiger partial charge in [0.2, 0.25) is 0 Å². The van der Waals surface area contributed by atoms with E-state index in [2.05, 4.69) is 11.3 Å². The van der Waals surface area contributed by atoms with Gasteiger partial charge in [-0.15, -0.1) is 0 Å². The summed E-state index contributed by atoms with van der Waals surface area (Å²) < 4.78 is 58.4. The highest BCUT2D eigenvalue weighted by Gasteiger charge is 2.35. The molecule has 0 aromatic rings. The molecule has 0 heterocycles. The number of hydrogen-bond acceptors (Lipinski definition) is 3. The van der Waals surface area contributed by atoms with Gasteiger partial charge >= 0.3 is 12.1 Å². The van der Waals surface area contributed by atoms with Crippen molar-refractivity contribution in [1.29, 1.82) is 0 Å². The molecule has 0 aliphatic rings. The average molecular weight is 502 g/mol. The second-order valence-electron chi connectivity index (χ2n) is 7.17. The van der Waals surface area contributed by atoms with Crippen molar-refractivity contribution in [3.8, 4) is 0 Å². The molecular formula is C28H43F4NO2. The first kappa shape index (κ1) is 36.9. The fourth-order valence-corrected chi connectivity index (χ4v) is 2.38. The van der Waals surface area contributed by atoms with Gasteiger partial charge in [-0.3, -0.25) is 4.79 Å². The Labute approximate surface area is 209 Å². The molecule has 0 fully saturated rings. The van der Waals surface area contributed by atoms with Gasteiger partial charge < -0.3 is 10.5 Å². The fourth-order valence-electron chi connectivity index (χ4n) is 2.38. The molecule has 200 valence electrons. The lowest BCUT2D eigenvalue weighted by Crippen LogP contribution is -2.14. The second-order valence-corrected chi connectivity index (χ2v) is 7.17. The van der Waals surface area contributed by atoms with Crippen LogP contribution in [0.25, 0.3) is 0 Å².